The van der Waals surface area contributed by atoms with Gasteiger partial charge in [0.05, 0.1) is 18.3 Å². The molecular weight excluding hydrogens is 266 g/mol. The molecular formula is C16H19N3O2. The number of carbonyl (C=O) groups excluding carboxylic acids is 1. The second-order valence-electron chi connectivity index (χ2n) is 5.50. The van der Waals surface area contributed by atoms with E-state index in [9.17, 15) is 9.90 Å². The minimum Gasteiger partial charge on any atom is -0.394 e. The Kier molecular flexibility index (Phi) is 3.75. The number of rotatable bonds is 3. The van der Waals surface area contributed by atoms with Gasteiger partial charge in [0, 0.05) is 12.7 Å². The van der Waals surface area contributed by atoms with E-state index >= 15 is 0 Å². The van der Waals surface area contributed by atoms with Crippen molar-refractivity contribution in [2.24, 2.45) is 5.92 Å². The third kappa shape index (κ3) is 2.56. The molecule has 1 fully saturated rings. The van der Waals surface area contributed by atoms with Crippen LogP contribution in [0.15, 0.2) is 42.6 Å². The topological polar surface area (TPSA) is 58.4 Å². The Bertz CT molecular complexity index is 623. The Balaban J connectivity index is 1.82. The van der Waals surface area contributed by atoms with Crippen LogP contribution in [-0.2, 0) is 0 Å². The van der Waals surface area contributed by atoms with Crippen LogP contribution in [0.3, 0.4) is 0 Å². The van der Waals surface area contributed by atoms with E-state index < -0.39 is 0 Å². The molecule has 0 bridgehead atoms. The molecule has 21 heavy (non-hydrogen) atoms. The highest BCUT2D eigenvalue weighted by atomic mass is 16.3. The summed E-state index contributed by atoms with van der Waals surface area (Å²) in [6, 6.07) is 11.3. The molecule has 0 aliphatic carbocycles. The van der Waals surface area contributed by atoms with Crippen molar-refractivity contribution in [1.82, 2.24) is 14.7 Å². The normalized spacial score (nSPS) is 21.7. The smallest absolute Gasteiger partial charge is 0.274 e. The van der Waals surface area contributed by atoms with Gasteiger partial charge >= 0.3 is 0 Å². The van der Waals surface area contributed by atoms with Crippen molar-refractivity contribution in [2.45, 2.75) is 19.4 Å². The fourth-order valence-electron chi connectivity index (χ4n) is 2.85. The number of nitrogens with zero attached hydrogens (tertiary/aromatic N) is 3. The minimum atomic E-state index is -0.104. The van der Waals surface area contributed by atoms with Gasteiger partial charge in [0.25, 0.3) is 5.91 Å². The van der Waals surface area contributed by atoms with Crippen molar-refractivity contribution in [3.8, 4) is 5.69 Å². The van der Waals surface area contributed by atoms with Crippen LogP contribution in [0.25, 0.3) is 5.69 Å². The summed E-state index contributed by atoms with van der Waals surface area (Å²) in [5, 5.41) is 13.8. The van der Waals surface area contributed by atoms with E-state index in [1.807, 2.05) is 30.3 Å². The summed E-state index contributed by atoms with van der Waals surface area (Å²) in [4.78, 5) is 14.3. The Morgan fingerprint density at radius 2 is 2.10 bits per heavy atom. The lowest BCUT2D eigenvalue weighted by Gasteiger charge is -2.24. The lowest BCUT2D eigenvalue weighted by molar-refractivity contribution is 0.0642. The van der Waals surface area contributed by atoms with Gasteiger partial charge in [0.1, 0.15) is 0 Å². The van der Waals surface area contributed by atoms with Crippen LogP contribution >= 0.6 is 0 Å². The first-order valence-electron chi connectivity index (χ1n) is 7.23. The van der Waals surface area contributed by atoms with E-state index in [0.717, 1.165) is 12.1 Å². The van der Waals surface area contributed by atoms with Gasteiger partial charge in [-0.2, -0.15) is 5.10 Å². The Hall–Kier alpha value is -2.14. The highest BCUT2D eigenvalue weighted by molar-refractivity contribution is 5.92. The van der Waals surface area contributed by atoms with E-state index in [0.29, 0.717) is 18.2 Å². The maximum Gasteiger partial charge on any atom is 0.274 e. The summed E-state index contributed by atoms with van der Waals surface area (Å²) in [5.41, 5.74) is 1.34. The molecule has 2 unspecified atom stereocenters. The zero-order chi connectivity index (χ0) is 14.8. The number of hydrogen-bond acceptors (Lipinski definition) is 3. The highest BCUT2D eigenvalue weighted by Gasteiger charge is 2.35. The van der Waals surface area contributed by atoms with Gasteiger partial charge in [0.15, 0.2) is 5.69 Å². The van der Waals surface area contributed by atoms with Gasteiger partial charge < -0.3 is 10.0 Å². The molecule has 1 amide bonds. The van der Waals surface area contributed by atoms with Crippen molar-refractivity contribution < 1.29 is 9.90 Å². The van der Waals surface area contributed by atoms with E-state index in [4.69, 9.17) is 0 Å². The van der Waals surface area contributed by atoms with Crippen molar-refractivity contribution in [3.05, 3.63) is 48.3 Å². The maximum atomic E-state index is 12.5. The molecule has 5 heteroatoms. The molecule has 2 atom stereocenters. The summed E-state index contributed by atoms with van der Waals surface area (Å²) in [7, 11) is 0. The van der Waals surface area contributed by atoms with Crippen molar-refractivity contribution in [3.63, 3.8) is 0 Å². The quantitative estimate of drug-likeness (QED) is 0.934. The van der Waals surface area contributed by atoms with Crippen LogP contribution in [0.5, 0.6) is 0 Å². The van der Waals surface area contributed by atoms with Crippen molar-refractivity contribution in [2.75, 3.05) is 13.2 Å². The third-order valence-corrected chi connectivity index (χ3v) is 4.16. The first kappa shape index (κ1) is 13.8. The fraction of sp³-hybridized carbons (Fsp3) is 0.375. The molecule has 3 rings (SSSR count). The lowest BCUT2D eigenvalue weighted by Crippen LogP contribution is -2.40. The number of para-hydroxylation sites is 1. The van der Waals surface area contributed by atoms with Gasteiger partial charge in [-0.15, -0.1) is 0 Å². The molecule has 2 aromatic rings. The molecule has 0 saturated carbocycles. The molecule has 1 aromatic carbocycles. The molecule has 0 spiro atoms. The zero-order valence-corrected chi connectivity index (χ0v) is 12.0. The predicted molar refractivity (Wildman–Crippen MR) is 79.3 cm³/mol. The number of aromatic nitrogens is 2. The predicted octanol–water partition coefficient (Wildman–Crippen LogP) is 1.72. The second-order valence-corrected chi connectivity index (χ2v) is 5.50. The van der Waals surface area contributed by atoms with E-state index in [1.165, 1.54) is 0 Å². The van der Waals surface area contributed by atoms with Gasteiger partial charge in [-0.25, -0.2) is 4.68 Å². The molecule has 0 radical (unpaired) electrons. The van der Waals surface area contributed by atoms with Gasteiger partial charge in [0.2, 0.25) is 0 Å². The molecule has 110 valence electrons. The number of carbonyl (C=O) groups is 1. The van der Waals surface area contributed by atoms with Crippen LogP contribution < -0.4 is 0 Å². The zero-order valence-electron chi connectivity index (χ0n) is 12.0. The molecule has 1 saturated heterocycles. The van der Waals surface area contributed by atoms with Gasteiger partial charge in [-0.1, -0.05) is 25.1 Å². The van der Waals surface area contributed by atoms with E-state index in [2.05, 4.69) is 12.0 Å². The highest BCUT2D eigenvalue weighted by Crippen LogP contribution is 2.25. The van der Waals surface area contributed by atoms with Crippen LogP contribution in [0.1, 0.15) is 23.8 Å². The summed E-state index contributed by atoms with van der Waals surface area (Å²) in [5.74, 6) is 0.225. The third-order valence-electron chi connectivity index (χ3n) is 4.16. The van der Waals surface area contributed by atoms with Crippen molar-refractivity contribution in [1.29, 1.82) is 0 Å². The molecule has 1 aromatic heterocycles. The Morgan fingerprint density at radius 3 is 2.81 bits per heavy atom. The number of aliphatic hydroxyl groups is 1. The Morgan fingerprint density at radius 1 is 1.33 bits per heavy atom. The first-order chi connectivity index (χ1) is 10.2. The Labute approximate surface area is 123 Å². The van der Waals surface area contributed by atoms with Gasteiger partial charge in [-0.3, -0.25) is 4.79 Å². The molecule has 1 aliphatic heterocycles. The summed E-state index contributed by atoms with van der Waals surface area (Å²) in [6.07, 6.45) is 2.71. The van der Waals surface area contributed by atoms with Crippen LogP contribution in [0.2, 0.25) is 0 Å². The summed E-state index contributed by atoms with van der Waals surface area (Å²) >= 11 is 0. The lowest BCUT2D eigenvalue weighted by atomic mass is 10.0. The average molecular weight is 285 g/mol. The first-order valence-corrected chi connectivity index (χ1v) is 7.23. The molecule has 5 nitrogen and oxygen atoms in total. The second kappa shape index (κ2) is 5.69. The number of likely N-dealkylation sites (tertiary alicyclic amines) is 1. The van der Waals surface area contributed by atoms with Gasteiger partial charge in [-0.05, 0) is 30.5 Å². The van der Waals surface area contributed by atoms with Crippen molar-refractivity contribution >= 4 is 5.91 Å². The molecule has 1 aliphatic rings. The monoisotopic (exact) mass is 285 g/mol. The summed E-state index contributed by atoms with van der Waals surface area (Å²) < 4.78 is 1.70. The molecule has 1 N–H and O–H groups in total. The van der Waals surface area contributed by atoms with E-state index in [-0.39, 0.29) is 18.6 Å². The standard InChI is InChI=1S/C16H19N3O2/c1-12-7-9-18(15(12)11-20)16(21)14-8-10-19(17-14)13-5-3-2-4-6-13/h2-6,8,10,12,15,20H,7,9,11H2,1H3. The number of benzene rings is 1. The van der Waals surface area contributed by atoms with E-state index in [1.54, 1.807) is 21.8 Å². The maximum absolute atomic E-state index is 12.5. The number of aliphatic hydroxyl groups excluding tert-OH is 1. The number of hydrogen-bond donors (Lipinski definition) is 1. The largest absolute Gasteiger partial charge is 0.394 e. The van der Waals surface area contributed by atoms with Crippen LogP contribution in [0.4, 0.5) is 0 Å². The SMILES string of the molecule is CC1CCN(C(=O)c2ccn(-c3ccccc3)n2)C1CO. The summed E-state index contributed by atoms with van der Waals surface area (Å²) in [6.45, 7) is 2.76. The van der Waals surface area contributed by atoms with Crippen LogP contribution in [-0.4, -0.2) is 44.9 Å². The minimum absolute atomic E-state index is 0.00625. The fourth-order valence-corrected chi connectivity index (χ4v) is 2.85. The number of amides is 1. The molecule has 2 heterocycles. The van der Waals surface area contributed by atoms with Crippen LogP contribution in [0, 0.1) is 5.92 Å². The average Bonchev–Trinajstić information content (AvgIpc) is 3.14.